The molecule has 5 heteroatoms. The molecule has 0 N–H and O–H groups in total. The van der Waals surface area contributed by atoms with Crippen LogP contribution in [-0.2, 0) is 16.6 Å². The molecule has 15 heavy (non-hydrogen) atoms. The summed E-state index contributed by atoms with van der Waals surface area (Å²) < 4.78 is 11.6. The van der Waals surface area contributed by atoms with E-state index in [-0.39, 0.29) is 6.61 Å². The number of carbonyl (C=O) groups is 1. The van der Waals surface area contributed by atoms with Gasteiger partial charge in [-0.15, -0.1) is 0 Å². The van der Waals surface area contributed by atoms with Gasteiger partial charge in [0.25, 0.3) is 0 Å². The van der Waals surface area contributed by atoms with Crippen LogP contribution in [0.1, 0.15) is 6.92 Å². The summed E-state index contributed by atoms with van der Waals surface area (Å²) in [5, 5.41) is 3.92. The lowest BCUT2D eigenvalue weighted by atomic mass is 10.3. The SMILES string of the molecule is C=C(COc1cnn(C)c1)C(=O)OCC. The molecule has 0 saturated heterocycles. The maximum atomic E-state index is 11.1. The Hall–Kier alpha value is -1.78. The molecule has 82 valence electrons. The Kier molecular flexibility index (Phi) is 3.91. The van der Waals surface area contributed by atoms with Gasteiger partial charge in [-0.25, -0.2) is 4.79 Å². The largest absolute Gasteiger partial charge is 0.485 e. The molecule has 0 aliphatic rings. The molecule has 1 rings (SSSR count). The van der Waals surface area contributed by atoms with Gasteiger partial charge in [-0.3, -0.25) is 4.68 Å². The van der Waals surface area contributed by atoms with Gasteiger partial charge < -0.3 is 9.47 Å². The molecule has 0 unspecified atom stereocenters. The summed E-state index contributed by atoms with van der Waals surface area (Å²) in [6.45, 7) is 5.77. The smallest absolute Gasteiger partial charge is 0.336 e. The lowest BCUT2D eigenvalue weighted by Crippen LogP contribution is -2.13. The quantitative estimate of drug-likeness (QED) is 0.535. The van der Waals surface area contributed by atoms with E-state index in [9.17, 15) is 4.79 Å². The molecule has 0 fully saturated rings. The van der Waals surface area contributed by atoms with E-state index < -0.39 is 5.97 Å². The van der Waals surface area contributed by atoms with E-state index in [4.69, 9.17) is 9.47 Å². The van der Waals surface area contributed by atoms with Gasteiger partial charge in [-0.05, 0) is 6.92 Å². The molecular formula is C10H14N2O3. The fourth-order valence-corrected chi connectivity index (χ4v) is 0.936. The van der Waals surface area contributed by atoms with Crippen molar-refractivity contribution >= 4 is 5.97 Å². The Labute approximate surface area is 88.3 Å². The Morgan fingerprint density at radius 2 is 2.40 bits per heavy atom. The second-order valence-electron chi connectivity index (χ2n) is 2.96. The van der Waals surface area contributed by atoms with E-state index in [0.29, 0.717) is 17.9 Å². The monoisotopic (exact) mass is 210 g/mol. The highest BCUT2D eigenvalue weighted by Gasteiger charge is 2.08. The van der Waals surface area contributed by atoms with Crippen molar-refractivity contribution in [3.05, 3.63) is 24.5 Å². The zero-order valence-corrected chi connectivity index (χ0v) is 8.90. The van der Waals surface area contributed by atoms with E-state index in [1.165, 1.54) is 0 Å². The van der Waals surface area contributed by atoms with Crippen molar-refractivity contribution in [2.24, 2.45) is 7.05 Å². The minimum atomic E-state index is -0.429. The molecule has 5 nitrogen and oxygen atoms in total. The molecule has 0 aliphatic heterocycles. The molecule has 0 aromatic carbocycles. The Bertz CT molecular complexity index is 357. The summed E-state index contributed by atoms with van der Waals surface area (Å²) in [6.07, 6.45) is 3.27. The predicted octanol–water partition coefficient (Wildman–Crippen LogP) is 0.918. The lowest BCUT2D eigenvalue weighted by Gasteiger charge is -2.05. The van der Waals surface area contributed by atoms with Crippen LogP contribution in [0.4, 0.5) is 0 Å². The first-order valence-corrected chi connectivity index (χ1v) is 4.59. The molecule has 0 spiro atoms. The van der Waals surface area contributed by atoms with Crippen LogP contribution < -0.4 is 4.74 Å². The summed E-state index contributed by atoms with van der Waals surface area (Å²) in [4.78, 5) is 11.1. The van der Waals surface area contributed by atoms with Gasteiger partial charge in [0, 0.05) is 7.05 Å². The van der Waals surface area contributed by atoms with Crippen molar-refractivity contribution < 1.29 is 14.3 Å². The molecule has 1 heterocycles. The fourth-order valence-electron chi connectivity index (χ4n) is 0.936. The first-order valence-electron chi connectivity index (χ1n) is 4.59. The number of nitrogens with zero attached hydrogens (tertiary/aromatic N) is 2. The van der Waals surface area contributed by atoms with Crippen LogP contribution in [-0.4, -0.2) is 29.0 Å². The Morgan fingerprint density at radius 1 is 1.67 bits per heavy atom. The number of ether oxygens (including phenoxy) is 2. The fraction of sp³-hybridized carbons (Fsp3) is 0.400. The minimum absolute atomic E-state index is 0.116. The average molecular weight is 210 g/mol. The highest BCUT2D eigenvalue weighted by Crippen LogP contribution is 2.08. The van der Waals surface area contributed by atoms with E-state index >= 15 is 0 Å². The summed E-state index contributed by atoms with van der Waals surface area (Å²) in [6, 6.07) is 0. The second kappa shape index (κ2) is 5.19. The normalized spacial score (nSPS) is 9.73. The molecule has 0 atom stereocenters. The summed E-state index contributed by atoms with van der Waals surface area (Å²) in [5.41, 5.74) is 0.292. The predicted molar refractivity (Wildman–Crippen MR) is 54.5 cm³/mol. The lowest BCUT2D eigenvalue weighted by molar-refractivity contribution is -0.138. The summed E-state index contributed by atoms with van der Waals surface area (Å²) >= 11 is 0. The van der Waals surface area contributed by atoms with Crippen LogP contribution in [0.3, 0.4) is 0 Å². The molecular weight excluding hydrogens is 196 g/mol. The standard InChI is InChI=1S/C10H14N2O3/c1-4-14-10(13)8(2)7-15-9-5-11-12(3)6-9/h5-6H,2,4,7H2,1,3H3. The van der Waals surface area contributed by atoms with Gasteiger partial charge in [0.05, 0.1) is 24.6 Å². The van der Waals surface area contributed by atoms with Gasteiger partial charge in [-0.2, -0.15) is 5.10 Å². The summed E-state index contributed by atoms with van der Waals surface area (Å²) in [7, 11) is 1.78. The summed E-state index contributed by atoms with van der Waals surface area (Å²) in [5.74, 6) is 0.171. The van der Waals surface area contributed by atoms with Crippen LogP contribution in [0.15, 0.2) is 24.5 Å². The number of hydrogen-bond acceptors (Lipinski definition) is 4. The van der Waals surface area contributed by atoms with Gasteiger partial charge in [0.2, 0.25) is 0 Å². The zero-order valence-electron chi connectivity index (χ0n) is 8.90. The number of carbonyl (C=O) groups excluding carboxylic acids is 1. The van der Waals surface area contributed by atoms with E-state index in [2.05, 4.69) is 11.7 Å². The van der Waals surface area contributed by atoms with Crippen LogP contribution in [0.2, 0.25) is 0 Å². The number of rotatable bonds is 5. The number of hydrogen-bond donors (Lipinski definition) is 0. The highest BCUT2D eigenvalue weighted by atomic mass is 16.5. The molecule has 0 amide bonds. The van der Waals surface area contributed by atoms with Crippen molar-refractivity contribution in [2.75, 3.05) is 13.2 Å². The van der Waals surface area contributed by atoms with E-state index in [0.717, 1.165) is 0 Å². The highest BCUT2D eigenvalue weighted by molar-refractivity contribution is 5.87. The van der Waals surface area contributed by atoms with Crippen LogP contribution >= 0.6 is 0 Å². The van der Waals surface area contributed by atoms with Crippen LogP contribution in [0.5, 0.6) is 5.75 Å². The van der Waals surface area contributed by atoms with Gasteiger partial charge >= 0.3 is 5.97 Å². The Morgan fingerprint density at radius 3 is 2.93 bits per heavy atom. The van der Waals surface area contributed by atoms with Crippen molar-refractivity contribution in [2.45, 2.75) is 6.92 Å². The molecule has 1 aromatic rings. The number of aryl methyl sites for hydroxylation is 1. The molecule has 0 aliphatic carbocycles. The Balaban J connectivity index is 2.37. The third-order valence-electron chi connectivity index (χ3n) is 1.66. The van der Waals surface area contributed by atoms with Crippen LogP contribution in [0, 0.1) is 0 Å². The van der Waals surface area contributed by atoms with Crippen molar-refractivity contribution in [1.82, 2.24) is 9.78 Å². The van der Waals surface area contributed by atoms with Crippen molar-refractivity contribution in [1.29, 1.82) is 0 Å². The maximum Gasteiger partial charge on any atom is 0.336 e. The maximum absolute atomic E-state index is 11.1. The average Bonchev–Trinajstić information content (AvgIpc) is 2.61. The number of esters is 1. The second-order valence-corrected chi connectivity index (χ2v) is 2.96. The van der Waals surface area contributed by atoms with Crippen LogP contribution in [0.25, 0.3) is 0 Å². The van der Waals surface area contributed by atoms with E-state index in [1.54, 1.807) is 31.0 Å². The number of aromatic nitrogens is 2. The topological polar surface area (TPSA) is 53.4 Å². The third kappa shape index (κ3) is 3.46. The van der Waals surface area contributed by atoms with Crippen molar-refractivity contribution in [3.63, 3.8) is 0 Å². The van der Waals surface area contributed by atoms with E-state index in [1.807, 2.05) is 0 Å². The molecule has 0 radical (unpaired) electrons. The van der Waals surface area contributed by atoms with Gasteiger partial charge in [-0.1, -0.05) is 6.58 Å². The van der Waals surface area contributed by atoms with Gasteiger partial charge in [0.15, 0.2) is 5.75 Å². The first kappa shape index (κ1) is 11.3. The zero-order chi connectivity index (χ0) is 11.3. The molecule has 1 aromatic heterocycles. The molecule has 0 saturated carbocycles. The minimum Gasteiger partial charge on any atom is -0.485 e. The van der Waals surface area contributed by atoms with Gasteiger partial charge in [0.1, 0.15) is 6.61 Å². The third-order valence-corrected chi connectivity index (χ3v) is 1.66. The molecule has 0 bridgehead atoms. The first-order chi connectivity index (χ1) is 7.13. The van der Waals surface area contributed by atoms with Crippen molar-refractivity contribution in [3.8, 4) is 5.75 Å².